The Morgan fingerprint density at radius 2 is 1.77 bits per heavy atom. The molecule has 228 valence electrons. The Kier molecular flexibility index (Phi) is 9.26. The zero-order valence-corrected chi connectivity index (χ0v) is 24.9. The number of nitrogens with two attached hydrogens (primary N) is 1. The molecule has 13 nitrogen and oxygen atoms in total. The van der Waals surface area contributed by atoms with Crippen molar-refractivity contribution in [1.82, 2.24) is 30.2 Å². The number of piperazine rings is 1. The molecule has 0 spiro atoms. The zero-order valence-electron chi connectivity index (χ0n) is 24.9. The number of amides is 2. The van der Waals surface area contributed by atoms with Gasteiger partial charge in [0.05, 0.1) is 19.0 Å². The van der Waals surface area contributed by atoms with Gasteiger partial charge in [-0.05, 0) is 55.8 Å². The summed E-state index contributed by atoms with van der Waals surface area (Å²) in [6.07, 6.45) is 4.54. The molecule has 1 fully saturated rings. The van der Waals surface area contributed by atoms with Crippen molar-refractivity contribution in [2.75, 3.05) is 43.5 Å². The maximum absolute atomic E-state index is 13.2. The van der Waals surface area contributed by atoms with Gasteiger partial charge in [-0.1, -0.05) is 12.1 Å². The molecule has 0 aliphatic carbocycles. The fraction of sp³-hybridized carbons (Fsp3) is 0.290. The summed E-state index contributed by atoms with van der Waals surface area (Å²) < 4.78 is 4.82. The molecule has 4 aromatic rings. The summed E-state index contributed by atoms with van der Waals surface area (Å²) in [4.78, 5) is 46.7. The van der Waals surface area contributed by atoms with Gasteiger partial charge < -0.3 is 30.3 Å². The molecule has 5 N–H and O–H groups in total. The van der Waals surface area contributed by atoms with Gasteiger partial charge in [-0.2, -0.15) is 9.97 Å². The zero-order chi connectivity index (χ0) is 31.1. The maximum Gasteiger partial charge on any atom is 0.409 e. The lowest BCUT2D eigenvalue weighted by Gasteiger charge is -2.35. The predicted octanol–water partition coefficient (Wildman–Crippen LogP) is 2.58. The van der Waals surface area contributed by atoms with Gasteiger partial charge in [0, 0.05) is 62.6 Å². The molecule has 1 saturated heterocycles. The highest BCUT2D eigenvalue weighted by Crippen LogP contribution is 2.23. The first-order chi connectivity index (χ1) is 21.2. The quantitative estimate of drug-likeness (QED) is 0.225. The van der Waals surface area contributed by atoms with Crippen molar-refractivity contribution >= 4 is 41.0 Å². The van der Waals surface area contributed by atoms with E-state index >= 15 is 0 Å². The van der Waals surface area contributed by atoms with E-state index in [0.717, 1.165) is 16.9 Å². The third-order valence-corrected chi connectivity index (χ3v) is 7.12. The molecule has 2 amide bonds. The molecule has 13 heteroatoms. The first kappa shape index (κ1) is 30.3. The summed E-state index contributed by atoms with van der Waals surface area (Å²) in [6, 6.07) is 16.9. The predicted molar refractivity (Wildman–Crippen MR) is 164 cm³/mol. The molecular weight excluding hydrogens is 562 g/mol. The summed E-state index contributed by atoms with van der Waals surface area (Å²) in [7, 11) is 1.39. The van der Waals surface area contributed by atoms with Gasteiger partial charge in [-0.3, -0.25) is 9.78 Å². The van der Waals surface area contributed by atoms with Crippen LogP contribution in [0.4, 0.5) is 33.8 Å². The van der Waals surface area contributed by atoms with Crippen LogP contribution in [0.1, 0.15) is 35.5 Å². The number of methoxy groups -OCH3 is 1. The molecule has 1 aliphatic rings. The van der Waals surface area contributed by atoms with Gasteiger partial charge in [0.25, 0.3) is 5.91 Å². The molecule has 3 aromatic heterocycles. The number of carbonyl (C=O) groups excluding carboxylic acids is 2. The summed E-state index contributed by atoms with van der Waals surface area (Å²) in [5.41, 5.74) is 2.30. The number of aromatic nitrogens is 4. The standard InChI is InChI=1S/C31H35N9O4/c1-31(2,43)25-7-4-8-26(36-25)37-27-24(28(41)33-19-21-6-5-13-32-18-21)20-34-29(38-27)35-22-9-11-23(12-10-22)39-14-16-40(17-15-39)30(42)44-3/h4-13,18,20,43H,14-17,19H2,1-3H3,(H,33,41)(H2,34,35,36,37,38)/p+1. The van der Waals surface area contributed by atoms with Crippen LogP contribution in [-0.4, -0.2) is 75.2 Å². The lowest BCUT2D eigenvalue weighted by Crippen LogP contribution is -2.73. The van der Waals surface area contributed by atoms with Gasteiger partial charge in [-0.25, -0.2) is 15.1 Å². The topological polar surface area (TPSA) is 162 Å². The van der Waals surface area contributed by atoms with Crippen molar-refractivity contribution in [3.05, 3.63) is 90.0 Å². The molecule has 5 rings (SSSR count). The minimum atomic E-state index is -1.13. The molecule has 0 radical (unpaired) electrons. The Balaban J connectivity index is 1.33. The van der Waals surface area contributed by atoms with Crippen LogP contribution in [0.5, 0.6) is 0 Å². The highest BCUT2D eigenvalue weighted by atomic mass is 16.5. The largest absolute Gasteiger partial charge is 0.453 e. The summed E-state index contributed by atoms with van der Waals surface area (Å²) in [6.45, 7) is 6.22. The second-order valence-corrected chi connectivity index (χ2v) is 10.8. The Morgan fingerprint density at radius 3 is 2.45 bits per heavy atom. The average molecular weight is 599 g/mol. The Bertz CT molecular complexity index is 1590. The van der Waals surface area contributed by atoms with Gasteiger partial charge in [0.2, 0.25) is 17.6 Å². The van der Waals surface area contributed by atoms with Crippen LogP contribution in [0.25, 0.3) is 0 Å². The molecule has 44 heavy (non-hydrogen) atoms. The molecule has 0 saturated carbocycles. The van der Waals surface area contributed by atoms with Crippen LogP contribution in [0.15, 0.2) is 73.2 Å². The van der Waals surface area contributed by atoms with Gasteiger partial charge in [-0.15, -0.1) is 0 Å². The molecular formula is C31H36N9O4+. The fourth-order valence-corrected chi connectivity index (χ4v) is 4.69. The first-order valence-electron chi connectivity index (χ1n) is 14.2. The van der Waals surface area contributed by atoms with Gasteiger partial charge in [0.1, 0.15) is 11.2 Å². The van der Waals surface area contributed by atoms with E-state index in [2.05, 4.69) is 35.5 Å². The van der Waals surface area contributed by atoms with E-state index in [0.29, 0.717) is 56.0 Å². The number of carbonyl (C=O) groups is 2. The molecule has 0 unspecified atom stereocenters. The van der Waals surface area contributed by atoms with Crippen molar-refractivity contribution < 1.29 is 24.7 Å². The van der Waals surface area contributed by atoms with E-state index in [-0.39, 0.29) is 17.6 Å². The molecule has 1 aromatic carbocycles. The van der Waals surface area contributed by atoms with Crippen molar-refractivity contribution in [2.45, 2.75) is 26.0 Å². The van der Waals surface area contributed by atoms with E-state index in [1.165, 1.54) is 13.3 Å². The van der Waals surface area contributed by atoms with Gasteiger partial charge >= 0.3 is 6.09 Å². The number of rotatable bonds is 9. The van der Waals surface area contributed by atoms with Crippen molar-refractivity contribution in [2.24, 2.45) is 0 Å². The van der Waals surface area contributed by atoms with Crippen molar-refractivity contribution in [3.8, 4) is 0 Å². The van der Waals surface area contributed by atoms with E-state index in [1.807, 2.05) is 36.4 Å². The number of nitrogens with zero attached hydrogens (tertiary/aromatic N) is 6. The number of ether oxygens (including phenoxy) is 1. The molecule has 0 atom stereocenters. The minimum absolute atomic E-state index is 0.274. The van der Waals surface area contributed by atoms with Crippen LogP contribution < -0.4 is 20.9 Å². The number of quaternary nitrogens is 1. The lowest BCUT2D eigenvalue weighted by molar-refractivity contribution is -0.487. The molecule has 0 bridgehead atoms. The lowest BCUT2D eigenvalue weighted by atomic mass is 10.1. The Morgan fingerprint density at radius 1 is 1.00 bits per heavy atom. The van der Waals surface area contributed by atoms with E-state index in [4.69, 9.17) is 4.74 Å². The number of pyridine rings is 2. The normalized spacial score (nSPS) is 13.4. The summed E-state index contributed by atoms with van der Waals surface area (Å²) >= 11 is 0. The van der Waals surface area contributed by atoms with E-state index in [1.54, 1.807) is 54.7 Å². The fourth-order valence-electron chi connectivity index (χ4n) is 4.69. The highest BCUT2D eigenvalue weighted by molar-refractivity contribution is 5.97. The smallest absolute Gasteiger partial charge is 0.409 e. The van der Waals surface area contributed by atoms with Crippen LogP contribution in [0.2, 0.25) is 0 Å². The number of aliphatic hydroxyl groups is 1. The number of nitrogens with one attached hydrogen (secondary N) is 2. The average Bonchev–Trinajstić information content (AvgIpc) is 3.04. The van der Waals surface area contributed by atoms with Crippen LogP contribution in [0.3, 0.4) is 0 Å². The number of benzene rings is 1. The minimum Gasteiger partial charge on any atom is -0.453 e. The van der Waals surface area contributed by atoms with Gasteiger partial charge in [0.15, 0.2) is 0 Å². The third kappa shape index (κ3) is 7.62. The second-order valence-electron chi connectivity index (χ2n) is 10.8. The number of anilines is 3. The second kappa shape index (κ2) is 13.4. The summed E-state index contributed by atoms with van der Waals surface area (Å²) in [5.74, 6) is 0.860. The maximum atomic E-state index is 13.2. The Labute approximate surface area is 255 Å². The van der Waals surface area contributed by atoms with Crippen LogP contribution in [0, 0.1) is 0 Å². The SMILES string of the molecule is COC(=O)N1CCN(c2ccc(Nc3ncc(C(=O)NCc4cccnc4)c([NH2+]c4cccc(C(C)(C)O)n4)n3)cc2)CC1. The van der Waals surface area contributed by atoms with Crippen molar-refractivity contribution in [3.63, 3.8) is 0 Å². The molecule has 4 heterocycles. The monoisotopic (exact) mass is 598 g/mol. The highest BCUT2D eigenvalue weighted by Gasteiger charge is 2.24. The van der Waals surface area contributed by atoms with Crippen LogP contribution in [-0.2, 0) is 16.9 Å². The first-order valence-corrected chi connectivity index (χ1v) is 14.2. The Hall–Kier alpha value is -5.14. The molecule has 1 aliphatic heterocycles. The van der Waals surface area contributed by atoms with Crippen LogP contribution >= 0.6 is 0 Å². The van der Waals surface area contributed by atoms with E-state index in [9.17, 15) is 14.7 Å². The summed E-state index contributed by atoms with van der Waals surface area (Å²) in [5, 5.41) is 18.3. The van der Waals surface area contributed by atoms with Crippen molar-refractivity contribution in [1.29, 1.82) is 0 Å². The third-order valence-electron chi connectivity index (χ3n) is 7.12. The number of hydrogen-bond donors (Lipinski definition) is 4. The number of hydrogen-bond acceptors (Lipinski definition) is 10. The van der Waals surface area contributed by atoms with E-state index < -0.39 is 5.60 Å².